The smallest absolute Gasteiger partial charge is 0.243 e. The van der Waals surface area contributed by atoms with E-state index in [9.17, 15) is 8.42 Å². The first-order valence-corrected chi connectivity index (χ1v) is 8.85. The Balaban J connectivity index is 3.18. The number of ether oxygens (including phenoxy) is 1. The van der Waals surface area contributed by atoms with Gasteiger partial charge in [0.1, 0.15) is 5.75 Å². The lowest BCUT2D eigenvalue weighted by atomic mass is 10.2. The summed E-state index contributed by atoms with van der Waals surface area (Å²) in [5.41, 5.74) is 0.860. The van der Waals surface area contributed by atoms with Crippen LogP contribution in [0.1, 0.15) is 32.8 Å². The van der Waals surface area contributed by atoms with Crippen LogP contribution in [0.5, 0.6) is 5.75 Å². The summed E-state index contributed by atoms with van der Waals surface area (Å²) in [4.78, 5) is 0.320. The van der Waals surface area contributed by atoms with E-state index >= 15 is 0 Å². The van der Waals surface area contributed by atoms with Gasteiger partial charge in [-0.05, 0) is 31.7 Å². The molecule has 1 aromatic rings. The number of nitrogens with zero attached hydrogens (tertiary/aromatic N) is 1. The van der Waals surface area contributed by atoms with Gasteiger partial charge in [0.2, 0.25) is 10.0 Å². The molecule has 0 saturated heterocycles. The summed E-state index contributed by atoms with van der Waals surface area (Å²) < 4.78 is 32.2. The third-order valence-electron chi connectivity index (χ3n) is 3.20. The van der Waals surface area contributed by atoms with Crippen molar-refractivity contribution in [2.75, 3.05) is 26.7 Å². The Hall–Kier alpha value is -1.11. The first-order chi connectivity index (χ1) is 10.0. The van der Waals surface area contributed by atoms with E-state index in [4.69, 9.17) is 4.74 Å². The first kappa shape index (κ1) is 17.9. The molecule has 0 bridgehead atoms. The standard InChI is InChI=1S/C15H26N2O3S/c1-5-10-20-15-9-8-14(11-13(15)12-16-4)21(18,19)17(6-2)7-3/h8-9,11,16H,5-7,10,12H2,1-4H3. The van der Waals surface area contributed by atoms with Crippen molar-refractivity contribution < 1.29 is 13.2 Å². The molecule has 1 rings (SSSR count). The maximum absolute atomic E-state index is 12.5. The summed E-state index contributed by atoms with van der Waals surface area (Å²) >= 11 is 0. The van der Waals surface area contributed by atoms with Crippen molar-refractivity contribution in [3.05, 3.63) is 23.8 Å². The second-order valence-electron chi connectivity index (χ2n) is 4.74. The van der Waals surface area contributed by atoms with Gasteiger partial charge >= 0.3 is 0 Å². The van der Waals surface area contributed by atoms with Crippen LogP contribution in [0.25, 0.3) is 0 Å². The SMILES string of the molecule is CCCOc1ccc(S(=O)(=O)N(CC)CC)cc1CNC. The number of benzene rings is 1. The van der Waals surface area contributed by atoms with Crippen LogP contribution in [0.3, 0.4) is 0 Å². The zero-order valence-electron chi connectivity index (χ0n) is 13.3. The summed E-state index contributed by atoms with van der Waals surface area (Å²) in [5, 5.41) is 3.05. The van der Waals surface area contributed by atoms with Gasteiger partial charge in [-0.2, -0.15) is 4.31 Å². The average Bonchev–Trinajstić information content (AvgIpc) is 2.47. The number of nitrogens with one attached hydrogen (secondary N) is 1. The molecule has 0 spiro atoms. The van der Waals surface area contributed by atoms with Crippen LogP contribution >= 0.6 is 0 Å². The highest BCUT2D eigenvalue weighted by Gasteiger charge is 2.22. The molecule has 1 aromatic carbocycles. The molecule has 0 heterocycles. The highest BCUT2D eigenvalue weighted by Crippen LogP contribution is 2.25. The lowest BCUT2D eigenvalue weighted by molar-refractivity contribution is 0.313. The Labute approximate surface area is 128 Å². The van der Waals surface area contributed by atoms with Gasteiger partial charge in [0.15, 0.2) is 0 Å². The molecule has 6 heteroatoms. The predicted molar refractivity (Wildman–Crippen MR) is 85.1 cm³/mol. The molecule has 21 heavy (non-hydrogen) atoms. The largest absolute Gasteiger partial charge is 0.493 e. The van der Waals surface area contributed by atoms with Crippen molar-refractivity contribution in [3.8, 4) is 5.75 Å². The van der Waals surface area contributed by atoms with Gasteiger partial charge in [-0.25, -0.2) is 8.42 Å². The zero-order valence-corrected chi connectivity index (χ0v) is 14.2. The number of hydrogen-bond acceptors (Lipinski definition) is 4. The molecule has 0 saturated carbocycles. The normalized spacial score (nSPS) is 11.9. The Morgan fingerprint density at radius 2 is 1.86 bits per heavy atom. The Morgan fingerprint density at radius 3 is 2.38 bits per heavy atom. The summed E-state index contributed by atoms with van der Waals surface area (Å²) in [6, 6.07) is 5.08. The minimum atomic E-state index is -3.43. The fourth-order valence-corrected chi connectivity index (χ4v) is 3.62. The van der Waals surface area contributed by atoms with Crippen LogP contribution in [-0.2, 0) is 16.6 Å². The lowest BCUT2D eigenvalue weighted by Gasteiger charge is -2.20. The van der Waals surface area contributed by atoms with Crippen molar-refractivity contribution in [2.24, 2.45) is 0 Å². The molecular weight excluding hydrogens is 288 g/mol. The minimum absolute atomic E-state index is 0.320. The predicted octanol–water partition coefficient (Wildman–Crippen LogP) is 2.23. The van der Waals surface area contributed by atoms with Gasteiger partial charge in [-0.1, -0.05) is 20.8 Å². The highest BCUT2D eigenvalue weighted by atomic mass is 32.2. The van der Waals surface area contributed by atoms with Crippen LogP contribution < -0.4 is 10.1 Å². The third kappa shape index (κ3) is 4.43. The van der Waals surface area contributed by atoms with Crippen molar-refractivity contribution in [1.82, 2.24) is 9.62 Å². The molecule has 0 atom stereocenters. The molecule has 1 N–H and O–H groups in total. The lowest BCUT2D eigenvalue weighted by Crippen LogP contribution is -2.30. The second-order valence-corrected chi connectivity index (χ2v) is 6.68. The number of hydrogen-bond donors (Lipinski definition) is 1. The fraction of sp³-hybridized carbons (Fsp3) is 0.600. The van der Waals surface area contributed by atoms with Crippen molar-refractivity contribution in [2.45, 2.75) is 38.6 Å². The molecule has 0 aliphatic rings. The van der Waals surface area contributed by atoms with Crippen LogP contribution in [0.15, 0.2) is 23.1 Å². The van der Waals surface area contributed by atoms with Gasteiger partial charge in [0.05, 0.1) is 11.5 Å². The quantitative estimate of drug-likeness (QED) is 0.759. The monoisotopic (exact) mass is 314 g/mol. The van der Waals surface area contributed by atoms with Gasteiger partial charge in [0, 0.05) is 25.2 Å². The third-order valence-corrected chi connectivity index (χ3v) is 5.25. The first-order valence-electron chi connectivity index (χ1n) is 7.41. The molecular formula is C15H26N2O3S. The van der Waals surface area contributed by atoms with Crippen LogP contribution in [0.2, 0.25) is 0 Å². The maximum Gasteiger partial charge on any atom is 0.243 e. The van der Waals surface area contributed by atoms with Crippen molar-refractivity contribution in [3.63, 3.8) is 0 Å². The van der Waals surface area contributed by atoms with E-state index in [-0.39, 0.29) is 0 Å². The van der Waals surface area contributed by atoms with Crippen molar-refractivity contribution >= 4 is 10.0 Å². The maximum atomic E-state index is 12.5. The molecule has 5 nitrogen and oxygen atoms in total. The molecule has 0 radical (unpaired) electrons. The van der Waals surface area contributed by atoms with Crippen LogP contribution in [0, 0.1) is 0 Å². The molecule has 0 amide bonds. The Kier molecular flexibility index (Phi) is 7.14. The van der Waals surface area contributed by atoms with Crippen LogP contribution in [-0.4, -0.2) is 39.5 Å². The van der Waals surface area contributed by atoms with E-state index in [2.05, 4.69) is 5.32 Å². The van der Waals surface area contributed by atoms with Gasteiger partial charge in [-0.15, -0.1) is 0 Å². The molecule has 0 aliphatic carbocycles. The number of sulfonamides is 1. The average molecular weight is 314 g/mol. The minimum Gasteiger partial charge on any atom is -0.493 e. The Bertz CT molecular complexity index is 540. The second kappa shape index (κ2) is 8.36. The van der Waals surface area contributed by atoms with E-state index < -0.39 is 10.0 Å². The summed E-state index contributed by atoms with van der Waals surface area (Å²) in [6.45, 7) is 7.85. The summed E-state index contributed by atoms with van der Waals surface area (Å²) in [6.07, 6.45) is 0.915. The topological polar surface area (TPSA) is 58.6 Å². The van der Waals surface area contributed by atoms with E-state index in [0.29, 0.717) is 31.1 Å². The highest BCUT2D eigenvalue weighted by molar-refractivity contribution is 7.89. The zero-order chi connectivity index (χ0) is 15.9. The van der Waals surface area contributed by atoms with Crippen LogP contribution in [0.4, 0.5) is 0 Å². The molecule has 0 unspecified atom stereocenters. The van der Waals surface area contributed by atoms with Crippen molar-refractivity contribution in [1.29, 1.82) is 0 Å². The van der Waals surface area contributed by atoms with Gasteiger partial charge in [0.25, 0.3) is 0 Å². The molecule has 120 valence electrons. The van der Waals surface area contributed by atoms with E-state index in [0.717, 1.165) is 17.7 Å². The van der Waals surface area contributed by atoms with Gasteiger partial charge in [-0.3, -0.25) is 0 Å². The Morgan fingerprint density at radius 1 is 1.19 bits per heavy atom. The molecule has 0 aliphatic heterocycles. The van der Waals surface area contributed by atoms with Gasteiger partial charge < -0.3 is 10.1 Å². The molecule has 0 fully saturated rings. The van der Waals surface area contributed by atoms with E-state index in [1.807, 2.05) is 27.8 Å². The fourth-order valence-electron chi connectivity index (χ4n) is 2.11. The summed E-state index contributed by atoms with van der Waals surface area (Å²) in [5.74, 6) is 0.740. The summed E-state index contributed by atoms with van der Waals surface area (Å²) in [7, 11) is -1.60. The van der Waals surface area contributed by atoms with E-state index in [1.165, 1.54) is 4.31 Å². The number of rotatable bonds is 9. The van der Waals surface area contributed by atoms with E-state index in [1.54, 1.807) is 18.2 Å². The molecule has 0 aromatic heterocycles.